The zero-order valence-corrected chi connectivity index (χ0v) is 14.9. The summed E-state index contributed by atoms with van der Waals surface area (Å²) in [4.78, 5) is 17.6. The van der Waals surface area contributed by atoms with Crippen molar-refractivity contribution in [2.75, 3.05) is 5.32 Å². The number of thiazole rings is 1. The van der Waals surface area contributed by atoms with Crippen molar-refractivity contribution in [2.45, 2.75) is 25.7 Å². The van der Waals surface area contributed by atoms with Gasteiger partial charge in [0, 0.05) is 17.5 Å². The van der Waals surface area contributed by atoms with E-state index in [0.29, 0.717) is 5.13 Å². The van der Waals surface area contributed by atoms with Crippen LogP contribution < -0.4 is 5.32 Å². The normalized spacial score (nSPS) is 21.7. The van der Waals surface area contributed by atoms with Crippen LogP contribution in [-0.2, 0) is 11.2 Å². The summed E-state index contributed by atoms with van der Waals surface area (Å²) in [7, 11) is 0. The Morgan fingerprint density at radius 2 is 1.96 bits per heavy atom. The molecular weight excluding hydrogens is 328 g/mol. The third kappa shape index (κ3) is 2.67. The first-order valence-corrected chi connectivity index (χ1v) is 9.46. The fourth-order valence-corrected chi connectivity index (χ4v) is 4.59. The van der Waals surface area contributed by atoms with Gasteiger partial charge in [0.15, 0.2) is 5.13 Å². The minimum Gasteiger partial charge on any atom is -0.301 e. The average molecular weight is 348 g/mol. The van der Waals surface area contributed by atoms with Crippen LogP contribution in [0.15, 0.2) is 66.2 Å². The van der Waals surface area contributed by atoms with Crippen LogP contribution >= 0.6 is 11.3 Å². The average Bonchev–Trinajstić information content (AvgIpc) is 3.28. The Morgan fingerprint density at radius 3 is 2.68 bits per heavy atom. The van der Waals surface area contributed by atoms with Crippen LogP contribution in [-0.4, -0.2) is 10.9 Å². The molecule has 1 aromatic heterocycles. The number of hydrogen-bond acceptors (Lipinski definition) is 3. The van der Waals surface area contributed by atoms with Gasteiger partial charge in [-0.3, -0.25) is 4.79 Å². The van der Waals surface area contributed by atoms with Crippen molar-refractivity contribution < 1.29 is 4.79 Å². The second-order valence-electron chi connectivity index (χ2n) is 6.52. The molecule has 0 fully saturated rings. The van der Waals surface area contributed by atoms with Crippen molar-refractivity contribution in [3.63, 3.8) is 0 Å². The number of anilines is 1. The molecule has 1 heterocycles. The van der Waals surface area contributed by atoms with Crippen molar-refractivity contribution in [2.24, 2.45) is 5.41 Å². The molecule has 2 aromatic carbocycles. The Hall–Kier alpha value is -2.46. The number of rotatable bonds is 4. The maximum absolute atomic E-state index is 13.4. The second kappa shape index (κ2) is 6.45. The fraction of sp³-hybridized carbons (Fsp3) is 0.238. The van der Waals surface area contributed by atoms with E-state index in [0.717, 1.165) is 12.8 Å². The minimum absolute atomic E-state index is 0.0647. The standard InChI is InChI=1S/C21H20N2OS/c1-2-21(19(24)23-20-22-12-13-25-20)14-16-10-6-7-11-17(16)18(21)15-8-4-3-5-9-15/h3-13,18H,2,14H2,1H3,(H,22,23,24). The number of hydrogen-bond donors (Lipinski definition) is 1. The zero-order chi connectivity index (χ0) is 17.3. The lowest BCUT2D eigenvalue weighted by atomic mass is 9.70. The summed E-state index contributed by atoms with van der Waals surface area (Å²) < 4.78 is 0. The van der Waals surface area contributed by atoms with E-state index in [1.54, 1.807) is 6.20 Å². The van der Waals surface area contributed by atoms with Gasteiger partial charge in [0.05, 0.1) is 5.41 Å². The maximum atomic E-state index is 13.4. The molecular formula is C21H20N2OS. The van der Waals surface area contributed by atoms with Crippen LogP contribution in [0.4, 0.5) is 5.13 Å². The first-order valence-electron chi connectivity index (χ1n) is 8.58. The Labute approximate surface area is 151 Å². The Morgan fingerprint density at radius 1 is 1.20 bits per heavy atom. The van der Waals surface area contributed by atoms with Crippen LogP contribution in [0.2, 0.25) is 0 Å². The van der Waals surface area contributed by atoms with E-state index in [4.69, 9.17) is 0 Å². The molecule has 1 aliphatic rings. The second-order valence-corrected chi connectivity index (χ2v) is 7.41. The largest absolute Gasteiger partial charge is 0.301 e. The first-order chi connectivity index (χ1) is 12.2. The van der Waals surface area contributed by atoms with Crippen LogP contribution in [0.5, 0.6) is 0 Å². The van der Waals surface area contributed by atoms with Crippen molar-refractivity contribution in [1.82, 2.24) is 4.98 Å². The van der Waals surface area contributed by atoms with Crippen LogP contribution in [0.3, 0.4) is 0 Å². The van der Waals surface area contributed by atoms with Crippen LogP contribution in [0, 0.1) is 5.41 Å². The van der Waals surface area contributed by atoms with E-state index >= 15 is 0 Å². The fourth-order valence-electron chi connectivity index (χ4n) is 4.07. The molecule has 4 rings (SSSR count). The van der Waals surface area contributed by atoms with Gasteiger partial charge in [-0.1, -0.05) is 61.5 Å². The highest BCUT2D eigenvalue weighted by Gasteiger charge is 2.50. The third-order valence-corrected chi connectivity index (χ3v) is 5.98. The third-order valence-electron chi connectivity index (χ3n) is 5.29. The number of benzene rings is 2. The van der Waals surface area contributed by atoms with Crippen LogP contribution in [0.25, 0.3) is 0 Å². The quantitative estimate of drug-likeness (QED) is 0.731. The lowest BCUT2D eigenvalue weighted by molar-refractivity contribution is -0.126. The molecule has 3 nitrogen and oxygen atoms in total. The number of carbonyl (C=O) groups is 1. The van der Waals surface area contributed by atoms with Gasteiger partial charge in [-0.2, -0.15) is 0 Å². The summed E-state index contributed by atoms with van der Waals surface area (Å²) in [5, 5.41) is 5.61. The number of nitrogens with one attached hydrogen (secondary N) is 1. The molecule has 1 aliphatic carbocycles. The van der Waals surface area contributed by atoms with Gasteiger partial charge in [-0.25, -0.2) is 4.98 Å². The van der Waals surface area contributed by atoms with E-state index in [-0.39, 0.29) is 11.8 Å². The zero-order valence-electron chi connectivity index (χ0n) is 14.1. The summed E-state index contributed by atoms with van der Waals surface area (Å²) in [6.07, 6.45) is 3.26. The van der Waals surface area contributed by atoms with Crippen molar-refractivity contribution in [1.29, 1.82) is 0 Å². The molecule has 1 amide bonds. The van der Waals surface area contributed by atoms with Gasteiger partial charge in [0.25, 0.3) is 0 Å². The van der Waals surface area contributed by atoms with E-state index in [1.165, 1.54) is 28.0 Å². The molecule has 0 saturated heterocycles. The van der Waals surface area contributed by atoms with Gasteiger partial charge >= 0.3 is 0 Å². The summed E-state index contributed by atoms with van der Waals surface area (Å²) in [5.41, 5.74) is 3.25. The van der Waals surface area contributed by atoms with E-state index in [9.17, 15) is 4.79 Å². The van der Waals surface area contributed by atoms with Gasteiger partial charge < -0.3 is 5.32 Å². The van der Waals surface area contributed by atoms with Crippen molar-refractivity contribution in [3.8, 4) is 0 Å². The highest BCUT2D eigenvalue weighted by Crippen LogP contribution is 2.53. The van der Waals surface area contributed by atoms with Gasteiger partial charge in [0.2, 0.25) is 5.91 Å². The predicted molar refractivity (Wildman–Crippen MR) is 102 cm³/mol. The highest BCUT2D eigenvalue weighted by molar-refractivity contribution is 7.13. The molecule has 4 heteroatoms. The number of nitrogens with zero attached hydrogens (tertiary/aromatic N) is 1. The minimum atomic E-state index is -0.489. The molecule has 2 unspecified atom stereocenters. The Balaban J connectivity index is 1.81. The summed E-state index contributed by atoms with van der Waals surface area (Å²) in [5.74, 6) is 0.130. The van der Waals surface area contributed by atoms with Gasteiger partial charge in [0.1, 0.15) is 0 Å². The Bertz CT molecular complexity index is 876. The SMILES string of the molecule is CCC1(C(=O)Nc2nccs2)Cc2ccccc2C1c1ccccc1. The molecule has 25 heavy (non-hydrogen) atoms. The molecule has 1 N–H and O–H groups in total. The van der Waals surface area contributed by atoms with E-state index < -0.39 is 5.41 Å². The number of carbonyl (C=O) groups excluding carboxylic acids is 1. The molecule has 3 aromatic rings. The molecule has 0 saturated carbocycles. The number of fused-ring (bicyclic) bond motifs is 1. The molecule has 126 valence electrons. The molecule has 0 radical (unpaired) electrons. The molecule has 0 aliphatic heterocycles. The monoisotopic (exact) mass is 348 g/mol. The highest BCUT2D eigenvalue weighted by atomic mass is 32.1. The molecule has 0 spiro atoms. The smallest absolute Gasteiger partial charge is 0.233 e. The topological polar surface area (TPSA) is 42.0 Å². The van der Waals surface area contributed by atoms with Crippen molar-refractivity contribution >= 4 is 22.4 Å². The van der Waals surface area contributed by atoms with E-state index in [2.05, 4.69) is 65.8 Å². The van der Waals surface area contributed by atoms with Gasteiger partial charge in [-0.05, 0) is 29.5 Å². The Kier molecular flexibility index (Phi) is 4.14. The van der Waals surface area contributed by atoms with Crippen molar-refractivity contribution in [3.05, 3.63) is 82.9 Å². The predicted octanol–water partition coefficient (Wildman–Crippen LogP) is 4.87. The first kappa shape index (κ1) is 16.0. The maximum Gasteiger partial charge on any atom is 0.233 e. The lowest BCUT2D eigenvalue weighted by Gasteiger charge is -2.33. The number of aromatic nitrogens is 1. The molecule has 2 atom stereocenters. The summed E-state index contributed by atoms with van der Waals surface area (Å²) >= 11 is 1.46. The number of amides is 1. The summed E-state index contributed by atoms with van der Waals surface area (Å²) in [6.45, 7) is 2.11. The molecule has 0 bridgehead atoms. The van der Waals surface area contributed by atoms with Crippen LogP contribution in [0.1, 0.15) is 36.0 Å². The van der Waals surface area contributed by atoms with E-state index in [1.807, 2.05) is 11.4 Å². The summed E-state index contributed by atoms with van der Waals surface area (Å²) in [6, 6.07) is 18.8. The van der Waals surface area contributed by atoms with Gasteiger partial charge in [-0.15, -0.1) is 11.3 Å². The lowest BCUT2D eigenvalue weighted by Crippen LogP contribution is -2.39.